The Balaban J connectivity index is 1.65. The second-order valence-corrected chi connectivity index (χ2v) is 8.41. The van der Waals surface area contributed by atoms with E-state index < -0.39 is 5.63 Å². The van der Waals surface area contributed by atoms with E-state index in [9.17, 15) is 4.79 Å². The van der Waals surface area contributed by atoms with E-state index in [1.807, 2.05) is 49.4 Å². The van der Waals surface area contributed by atoms with Gasteiger partial charge in [0.05, 0.1) is 7.11 Å². The molecule has 0 spiro atoms. The topological polar surface area (TPSA) is 51.9 Å². The van der Waals surface area contributed by atoms with Crippen LogP contribution in [0, 0.1) is 13.8 Å². The maximum Gasteiger partial charge on any atom is 0.336 e. The standard InChI is InChI=1S/C26H22ClNO4/c1-15-4-7-19(27)11-23(15)28-13-18-10-22-21(17-5-8-20(30-3)9-6-17)12-24(29)32-26(22)16(2)25(18)31-14-28/h4-12H,13-14H2,1-3H3. The zero-order chi connectivity index (χ0) is 22.4. The molecule has 0 atom stereocenters. The number of aryl methyl sites for hydroxylation is 2. The van der Waals surface area contributed by atoms with Gasteiger partial charge in [0.2, 0.25) is 0 Å². The molecule has 0 fully saturated rings. The zero-order valence-electron chi connectivity index (χ0n) is 18.1. The predicted molar refractivity (Wildman–Crippen MR) is 127 cm³/mol. The number of nitrogens with zero attached hydrogens (tertiary/aromatic N) is 1. The van der Waals surface area contributed by atoms with Gasteiger partial charge in [-0.2, -0.15) is 0 Å². The molecule has 0 saturated heterocycles. The van der Waals surface area contributed by atoms with E-state index in [4.69, 9.17) is 25.5 Å². The van der Waals surface area contributed by atoms with E-state index in [1.54, 1.807) is 13.2 Å². The van der Waals surface area contributed by atoms with Crippen molar-refractivity contribution in [3.63, 3.8) is 0 Å². The van der Waals surface area contributed by atoms with Crippen molar-refractivity contribution in [3.05, 3.63) is 86.7 Å². The molecule has 0 N–H and O–H groups in total. The summed E-state index contributed by atoms with van der Waals surface area (Å²) in [5.74, 6) is 1.53. The van der Waals surface area contributed by atoms with Gasteiger partial charge in [-0.05, 0) is 60.9 Å². The number of rotatable bonds is 3. The molecule has 0 amide bonds. The fourth-order valence-corrected chi connectivity index (χ4v) is 4.47. The Bertz CT molecular complexity index is 1390. The summed E-state index contributed by atoms with van der Waals surface area (Å²) in [5, 5.41) is 1.56. The lowest BCUT2D eigenvalue weighted by atomic mass is 9.96. The van der Waals surface area contributed by atoms with Gasteiger partial charge >= 0.3 is 5.63 Å². The van der Waals surface area contributed by atoms with Gasteiger partial charge in [-0.25, -0.2) is 4.79 Å². The van der Waals surface area contributed by atoms with E-state index in [-0.39, 0.29) is 0 Å². The Kier molecular flexibility index (Phi) is 5.06. The first-order chi connectivity index (χ1) is 15.4. The lowest BCUT2D eigenvalue weighted by Gasteiger charge is -2.33. The van der Waals surface area contributed by atoms with Crippen LogP contribution in [0.3, 0.4) is 0 Å². The molecule has 0 unspecified atom stereocenters. The first kappa shape index (κ1) is 20.5. The minimum atomic E-state index is -0.390. The third-order valence-electron chi connectivity index (χ3n) is 5.93. The normalized spacial score (nSPS) is 13.1. The summed E-state index contributed by atoms with van der Waals surface area (Å²) in [6.07, 6.45) is 0. The van der Waals surface area contributed by atoms with Crippen LogP contribution in [0.2, 0.25) is 5.02 Å². The van der Waals surface area contributed by atoms with Crippen LogP contribution in [-0.2, 0) is 6.54 Å². The fraction of sp³-hybridized carbons (Fsp3) is 0.192. The molecule has 5 nitrogen and oxygen atoms in total. The van der Waals surface area contributed by atoms with Crippen LogP contribution in [-0.4, -0.2) is 13.8 Å². The maximum absolute atomic E-state index is 12.4. The molecule has 1 aliphatic rings. The van der Waals surface area contributed by atoms with E-state index in [0.717, 1.165) is 50.4 Å². The summed E-state index contributed by atoms with van der Waals surface area (Å²) in [6, 6.07) is 17.1. The minimum Gasteiger partial charge on any atom is -0.497 e. The Morgan fingerprint density at radius 3 is 2.56 bits per heavy atom. The van der Waals surface area contributed by atoms with Gasteiger partial charge in [0.15, 0.2) is 6.73 Å². The zero-order valence-corrected chi connectivity index (χ0v) is 18.8. The number of hydrogen-bond donors (Lipinski definition) is 0. The Hall–Kier alpha value is -3.44. The number of methoxy groups -OCH3 is 1. The highest BCUT2D eigenvalue weighted by molar-refractivity contribution is 6.30. The lowest BCUT2D eigenvalue weighted by molar-refractivity contribution is 0.287. The monoisotopic (exact) mass is 447 g/mol. The third kappa shape index (κ3) is 3.49. The highest BCUT2D eigenvalue weighted by Crippen LogP contribution is 2.40. The van der Waals surface area contributed by atoms with Crippen molar-refractivity contribution >= 4 is 28.3 Å². The molecular formula is C26H22ClNO4. The van der Waals surface area contributed by atoms with Crippen LogP contribution in [0.15, 0.2) is 63.8 Å². The van der Waals surface area contributed by atoms with E-state index in [0.29, 0.717) is 23.9 Å². The molecule has 2 heterocycles. The van der Waals surface area contributed by atoms with E-state index in [1.165, 1.54) is 0 Å². The maximum atomic E-state index is 12.4. The molecule has 1 aromatic heterocycles. The fourth-order valence-electron chi connectivity index (χ4n) is 4.31. The SMILES string of the molecule is COc1ccc(-c2cc(=O)oc3c(C)c4c(cc23)CN(c2cc(Cl)ccc2C)CO4)cc1. The quantitative estimate of drug-likeness (QED) is 0.355. The second-order valence-electron chi connectivity index (χ2n) is 7.98. The molecule has 0 aliphatic carbocycles. The summed E-state index contributed by atoms with van der Waals surface area (Å²) in [4.78, 5) is 14.5. The number of hydrogen-bond acceptors (Lipinski definition) is 5. The summed E-state index contributed by atoms with van der Waals surface area (Å²) < 4.78 is 17.0. The molecule has 32 heavy (non-hydrogen) atoms. The third-order valence-corrected chi connectivity index (χ3v) is 6.16. The van der Waals surface area contributed by atoms with Gasteiger partial charge in [0.25, 0.3) is 0 Å². The largest absolute Gasteiger partial charge is 0.497 e. The molecule has 4 aromatic rings. The molecule has 0 bridgehead atoms. The highest BCUT2D eigenvalue weighted by Gasteiger charge is 2.24. The van der Waals surface area contributed by atoms with Crippen molar-refractivity contribution in [2.45, 2.75) is 20.4 Å². The van der Waals surface area contributed by atoms with Gasteiger partial charge < -0.3 is 18.8 Å². The average Bonchev–Trinajstić information content (AvgIpc) is 2.80. The van der Waals surface area contributed by atoms with Crippen molar-refractivity contribution < 1.29 is 13.9 Å². The van der Waals surface area contributed by atoms with Crippen LogP contribution in [0.1, 0.15) is 16.7 Å². The summed E-state index contributed by atoms with van der Waals surface area (Å²) in [7, 11) is 1.63. The molecule has 3 aromatic carbocycles. The van der Waals surface area contributed by atoms with Gasteiger partial charge in [-0.3, -0.25) is 0 Å². The average molecular weight is 448 g/mol. The van der Waals surface area contributed by atoms with Gasteiger partial charge in [-0.1, -0.05) is 29.8 Å². The van der Waals surface area contributed by atoms with Crippen molar-refractivity contribution in [2.75, 3.05) is 18.7 Å². The van der Waals surface area contributed by atoms with Crippen LogP contribution >= 0.6 is 11.6 Å². The smallest absolute Gasteiger partial charge is 0.336 e. The number of fused-ring (bicyclic) bond motifs is 2. The number of halogens is 1. The van der Waals surface area contributed by atoms with E-state index in [2.05, 4.69) is 17.9 Å². The van der Waals surface area contributed by atoms with E-state index >= 15 is 0 Å². The molecular weight excluding hydrogens is 426 g/mol. The summed E-state index contributed by atoms with van der Waals surface area (Å²) >= 11 is 6.25. The van der Waals surface area contributed by atoms with Crippen molar-refractivity contribution in [1.82, 2.24) is 0 Å². The van der Waals surface area contributed by atoms with Crippen LogP contribution in [0.5, 0.6) is 11.5 Å². The summed E-state index contributed by atoms with van der Waals surface area (Å²) in [5.41, 5.74) is 5.92. The predicted octanol–water partition coefficient (Wildman–Crippen LogP) is 6.10. The molecule has 1 aliphatic heterocycles. The van der Waals surface area contributed by atoms with Gasteiger partial charge in [0, 0.05) is 39.8 Å². The Morgan fingerprint density at radius 1 is 1.03 bits per heavy atom. The molecule has 5 rings (SSSR count). The molecule has 162 valence electrons. The van der Waals surface area contributed by atoms with Crippen molar-refractivity contribution in [2.24, 2.45) is 0 Å². The van der Waals surface area contributed by atoms with Crippen LogP contribution < -0.4 is 20.0 Å². The van der Waals surface area contributed by atoms with Gasteiger partial charge in [-0.15, -0.1) is 0 Å². The lowest BCUT2D eigenvalue weighted by Crippen LogP contribution is -2.32. The number of ether oxygens (including phenoxy) is 2. The number of benzene rings is 3. The molecule has 0 radical (unpaired) electrons. The Labute approximate surface area is 190 Å². The Morgan fingerprint density at radius 2 is 1.81 bits per heavy atom. The van der Waals surface area contributed by atoms with Crippen LogP contribution in [0.4, 0.5) is 5.69 Å². The van der Waals surface area contributed by atoms with Crippen molar-refractivity contribution in [1.29, 1.82) is 0 Å². The number of anilines is 1. The van der Waals surface area contributed by atoms with Crippen molar-refractivity contribution in [3.8, 4) is 22.6 Å². The second kappa shape index (κ2) is 7.92. The highest BCUT2D eigenvalue weighted by atomic mass is 35.5. The van der Waals surface area contributed by atoms with Gasteiger partial charge in [0.1, 0.15) is 17.1 Å². The first-order valence-electron chi connectivity index (χ1n) is 10.3. The summed E-state index contributed by atoms with van der Waals surface area (Å²) in [6.45, 7) is 5.04. The first-order valence-corrected chi connectivity index (χ1v) is 10.7. The molecule has 6 heteroatoms. The van der Waals surface area contributed by atoms with Crippen LogP contribution in [0.25, 0.3) is 22.1 Å². The molecule has 0 saturated carbocycles. The minimum absolute atomic E-state index is 0.390.